The fraction of sp³-hybridized carbons (Fsp3) is 0.750. The molecule has 0 radical (unpaired) electrons. The lowest BCUT2D eigenvalue weighted by Crippen LogP contribution is -2.49. The summed E-state index contributed by atoms with van der Waals surface area (Å²) in [7, 11) is -2.57. The Bertz CT molecular complexity index is 345. The van der Waals surface area contributed by atoms with Gasteiger partial charge in [-0.1, -0.05) is 6.92 Å². The maximum Gasteiger partial charge on any atom is 0.513 e. The summed E-state index contributed by atoms with van der Waals surface area (Å²) >= 11 is 1.65. The zero-order chi connectivity index (χ0) is 14.1. The van der Waals surface area contributed by atoms with Crippen LogP contribution in [0.4, 0.5) is 0 Å². The minimum absolute atomic E-state index is 0.608. The predicted octanol–water partition coefficient (Wildman–Crippen LogP) is 2.53. The van der Waals surface area contributed by atoms with E-state index >= 15 is 0 Å². The van der Waals surface area contributed by atoms with Gasteiger partial charge in [-0.3, -0.25) is 3.97 Å². The topological polar surface area (TPSA) is 45.5 Å². The molecule has 0 aliphatic carbocycles. The second kappa shape index (κ2) is 8.75. The third-order valence-electron chi connectivity index (χ3n) is 2.47. The second-order valence-corrected chi connectivity index (χ2v) is 7.82. The van der Waals surface area contributed by atoms with Gasteiger partial charge in [-0.25, -0.2) is 4.98 Å². The third kappa shape index (κ3) is 4.92. The van der Waals surface area contributed by atoms with E-state index < -0.39 is 8.80 Å². The number of hydrogen-bond acceptors (Lipinski definition) is 5. The molecule has 0 fully saturated rings. The Morgan fingerprint density at radius 2 is 1.68 bits per heavy atom. The molecular weight excluding hydrogens is 280 g/mol. The van der Waals surface area contributed by atoms with Crippen LogP contribution in [-0.4, -0.2) is 43.0 Å². The van der Waals surface area contributed by atoms with Crippen LogP contribution in [0.2, 0.25) is 0 Å². The molecule has 0 saturated heterocycles. The van der Waals surface area contributed by atoms with Crippen LogP contribution in [0, 0.1) is 0 Å². The number of rotatable bonds is 10. The number of imidazole rings is 1. The van der Waals surface area contributed by atoms with Crippen molar-refractivity contribution in [1.82, 2.24) is 8.96 Å². The van der Waals surface area contributed by atoms with E-state index in [9.17, 15) is 0 Å². The molecule has 1 aromatic rings. The highest BCUT2D eigenvalue weighted by atomic mass is 32.2. The van der Waals surface area contributed by atoms with Gasteiger partial charge in [0.05, 0.1) is 5.38 Å². The summed E-state index contributed by atoms with van der Waals surface area (Å²) in [5.41, 5.74) is 0. The van der Waals surface area contributed by atoms with Crippen molar-refractivity contribution in [2.75, 3.05) is 25.2 Å². The van der Waals surface area contributed by atoms with Crippen molar-refractivity contribution in [3.05, 3.63) is 18.2 Å². The van der Waals surface area contributed by atoms with Crippen molar-refractivity contribution in [3.8, 4) is 0 Å². The van der Waals surface area contributed by atoms with E-state index in [0.717, 1.165) is 12.2 Å². The van der Waals surface area contributed by atoms with E-state index in [4.69, 9.17) is 13.3 Å². The Balaban J connectivity index is 2.70. The summed E-state index contributed by atoms with van der Waals surface area (Å²) in [6.07, 6.45) is 4.69. The smallest absolute Gasteiger partial charge is 0.373 e. The van der Waals surface area contributed by atoms with Crippen molar-refractivity contribution in [1.29, 1.82) is 0 Å². The van der Waals surface area contributed by atoms with Gasteiger partial charge in [0.25, 0.3) is 0 Å². The van der Waals surface area contributed by atoms with Gasteiger partial charge < -0.3 is 13.3 Å². The lowest BCUT2D eigenvalue weighted by atomic mass is 10.5. The molecule has 19 heavy (non-hydrogen) atoms. The largest absolute Gasteiger partial charge is 0.513 e. The minimum atomic E-state index is -2.57. The summed E-state index contributed by atoms with van der Waals surface area (Å²) in [6, 6.07) is 0. The molecular formula is C12H24N2O3SSi. The van der Waals surface area contributed by atoms with E-state index in [1.165, 1.54) is 0 Å². The first-order valence-electron chi connectivity index (χ1n) is 6.78. The summed E-state index contributed by atoms with van der Waals surface area (Å²) < 4.78 is 19.5. The van der Waals surface area contributed by atoms with Gasteiger partial charge in [-0.15, -0.1) is 0 Å². The molecule has 110 valence electrons. The number of hydrogen-bond donors (Lipinski definition) is 0. The van der Waals surface area contributed by atoms with Crippen molar-refractivity contribution < 1.29 is 13.3 Å². The molecule has 0 bridgehead atoms. The minimum Gasteiger partial charge on any atom is -0.373 e. The Morgan fingerprint density at radius 3 is 2.16 bits per heavy atom. The van der Waals surface area contributed by atoms with Crippen LogP contribution in [0.1, 0.15) is 33.5 Å². The molecule has 5 nitrogen and oxygen atoms in total. The number of nitrogens with zero attached hydrogens (tertiary/aromatic N) is 2. The lowest BCUT2D eigenvalue weighted by Gasteiger charge is -2.28. The average Bonchev–Trinajstić information content (AvgIpc) is 2.85. The van der Waals surface area contributed by atoms with Gasteiger partial charge >= 0.3 is 8.80 Å². The molecule has 7 heteroatoms. The Labute approximate surface area is 121 Å². The van der Waals surface area contributed by atoms with E-state index in [0.29, 0.717) is 25.2 Å². The molecule has 0 unspecified atom stereocenters. The molecule has 1 rings (SSSR count). The molecule has 0 aliphatic heterocycles. The van der Waals surface area contributed by atoms with E-state index in [2.05, 4.69) is 15.9 Å². The third-order valence-corrected chi connectivity index (χ3v) is 7.20. The van der Waals surface area contributed by atoms with Crippen molar-refractivity contribution >= 4 is 20.8 Å². The zero-order valence-electron chi connectivity index (χ0n) is 12.2. The van der Waals surface area contributed by atoms with Crippen molar-refractivity contribution in [3.63, 3.8) is 0 Å². The second-order valence-electron chi connectivity index (χ2n) is 3.78. The van der Waals surface area contributed by atoms with Gasteiger partial charge in [0.1, 0.15) is 5.82 Å². The Kier molecular flexibility index (Phi) is 7.70. The molecule has 0 N–H and O–H groups in total. The first-order valence-corrected chi connectivity index (χ1v) is 9.66. The van der Waals surface area contributed by atoms with Crippen LogP contribution in [0.15, 0.2) is 12.4 Å². The van der Waals surface area contributed by atoms with E-state index in [-0.39, 0.29) is 0 Å². The SMILES string of the molecule is CCO[Si](CSn1ccnc1CC)(OCC)OCC. The number of aromatic nitrogens is 2. The van der Waals surface area contributed by atoms with E-state index in [1.54, 1.807) is 11.9 Å². The van der Waals surface area contributed by atoms with Gasteiger partial charge in [-0.2, -0.15) is 0 Å². The van der Waals surface area contributed by atoms with Gasteiger partial charge in [-0.05, 0) is 32.7 Å². The van der Waals surface area contributed by atoms with Crippen molar-refractivity contribution in [2.24, 2.45) is 0 Å². The first-order chi connectivity index (χ1) is 9.21. The fourth-order valence-corrected chi connectivity index (χ4v) is 5.97. The molecule has 1 heterocycles. The van der Waals surface area contributed by atoms with Crippen LogP contribution >= 0.6 is 11.9 Å². The van der Waals surface area contributed by atoms with Crippen LogP contribution in [0.25, 0.3) is 0 Å². The number of aryl methyl sites for hydroxylation is 1. The maximum atomic E-state index is 5.82. The summed E-state index contributed by atoms with van der Waals surface area (Å²) in [5.74, 6) is 1.05. The quantitative estimate of drug-likeness (QED) is 0.622. The summed E-state index contributed by atoms with van der Waals surface area (Å²) in [5, 5.41) is 0.700. The molecule has 1 aromatic heterocycles. The molecule has 0 spiro atoms. The maximum absolute atomic E-state index is 5.82. The Hall–Kier alpha value is -0.343. The van der Waals surface area contributed by atoms with Gasteiger partial charge in [0.2, 0.25) is 0 Å². The molecule has 0 atom stereocenters. The Morgan fingerprint density at radius 1 is 1.11 bits per heavy atom. The van der Waals surface area contributed by atoms with Crippen LogP contribution in [0.3, 0.4) is 0 Å². The van der Waals surface area contributed by atoms with Crippen LogP contribution < -0.4 is 0 Å². The normalized spacial score (nSPS) is 12.0. The highest BCUT2D eigenvalue weighted by Gasteiger charge is 2.41. The van der Waals surface area contributed by atoms with Gasteiger partial charge in [0, 0.05) is 38.6 Å². The first kappa shape index (κ1) is 16.7. The van der Waals surface area contributed by atoms with Crippen LogP contribution in [0.5, 0.6) is 0 Å². The zero-order valence-corrected chi connectivity index (χ0v) is 14.0. The highest BCUT2D eigenvalue weighted by molar-refractivity contribution is 7.99. The average molecular weight is 304 g/mol. The summed E-state index contributed by atoms with van der Waals surface area (Å²) in [4.78, 5) is 4.31. The standard InChI is InChI=1S/C12H24N2O3SSi/c1-5-12-13-9-10-14(12)18-11-19(15-6-2,16-7-3)17-8-4/h9-10H,5-8,11H2,1-4H3. The highest BCUT2D eigenvalue weighted by Crippen LogP contribution is 2.20. The fourth-order valence-electron chi connectivity index (χ4n) is 1.75. The molecule has 0 saturated carbocycles. The van der Waals surface area contributed by atoms with Crippen LogP contribution in [-0.2, 0) is 19.7 Å². The monoisotopic (exact) mass is 304 g/mol. The molecule has 0 amide bonds. The van der Waals surface area contributed by atoms with Crippen molar-refractivity contribution in [2.45, 2.75) is 34.1 Å². The summed E-state index contributed by atoms with van der Waals surface area (Å²) in [6.45, 7) is 9.83. The van der Waals surface area contributed by atoms with Gasteiger partial charge in [0.15, 0.2) is 0 Å². The molecule has 0 aliphatic rings. The van der Waals surface area contributed by atoms with E-state index in [1.807, 2.05) is 33.2 Å². The lowest BCUT2D eigenvalue weighted by molar-refractivity contribution is 0.0773. The molecule has 0 aromatic carbocycles. The predicted molar refractivity (Wildman–Crippen MR) is 80.1 cm³/mol.